The molecule has 3 rings (SSSR count). The third-order valence-corrected chi connectivity index (χ3v) is 5.58. The number of nitrogens with zero attached hydrogens (tertiary/aromatic N) is 1. The predicted octanol–water partition coefficient (Wildman–Crippen LogP) is 5.06. The van der Waals surface area contributed by atoms with Gasteiger partial charge in [0.05, 0.1) is 11.5 Å². The summed E-state index contributed by atoms with van der Waals surface area (Å²) in [6.07, 6.45) is 9.00. The minimum absolute atomic E-state index is 0.0178. The second-order valence-corrected chi connectivity index (χ2v) is 8.21. The minimum atomic E-state index is -0.539. The number of rotatable bonds is 9. The van der Waals surface area contributed by atoms with Crippen LogP contribution in [0, 0.1) is 16.0 Å². The van der Waals surface area contributed by atoms with Crippen molar-refractivity contribution in [1.82, 2.24) is 5.32 Å². The van der Waals surface area contributed by atoms with Gasteiger partial charge in [-0.2, -0.15) is 0 Å². The topological polar surface area (TPSA) is 111 Å². The van der Waals surface area contributed by atoms with Crippen LogP contribution in [0.5, 0.6) is 5.75 Å². The van der Waals surface area contributed by atoms with E-state index in [-0.39, 0.29) is 11.4 Å². The Morgan fingerprint density at radius 3 is 2.52 bits per heavy atom. The van der Waals surface area contributed by atoms with Gasteiger partial charge in [0.15, 0.2) is 0 Å². The zero-order chi connectivity index (χ0) is 23.6. The fourth-order valence-electron chi connectivity index (χ4n) is 3.90. The van der Waals surface area contributed by atoms with Crippen LogP contribution in [0.3, 0.4) is 0 Å². The average Bonchev–Trinajstić information content (AvgIpc) is 2.80. The van der Waals surface area contributed by atoms with Crippen LogP contribution < -0.4 is 15.4 Å². The maximum atomic E-state index is 12.7. The Labute approximate surface area is 193 Å². The standard InChI is InChI=1S/C25H29N3O5/c1-18(29)26-24(17-20-8-5-9-22(16-20)28(31)32)25(30)27-21-10-12-23(13-11-21)33-15-14-19-6-3-2-4-7-19/h5,8-13,16-17,19H,2-4,6-7,14-15H2,1H3,(H,26,29)(H,27,30)/b24-17-. The molecule has 0 heterocycles. The van der Waals surface area contributed by atoms with Crippen molar-refractivity contribution in [3.8, 4) is 5.75 Å². The highest BCUT2D eigenvalue weighted by atomic mass is 16.6. The van der Waals surface area contributed by atoms with Crippen LogP contribution in [-0.2, 0) is 9.59 Å². The predicted molar refractivity (Wildman–Crippen MR) is 127 cm³/mol. The van der Waals surface area contributed by atoms with Gasteiger partial charge in [-0.25, -0.2) is 0 Å². The summed E-state index contributed by atoms with van der Waals surface area (Å²) in [7, 11) is 0. The van der Waals surface area contributed by atoms with Crippen LogP contribution in [0.1, 0.15) is 51.0 Å². The third kappa shape index (κ3) is 7.75. The molecule has 2 aromatic carbocycles. The zero-order valence-corrected chi connectivity index (χ0v) is 18.7. The molecule has 2 amide bonds. The quantitative estimate of drug-likeness (QED) is 0.314. The lowest BCUT2D eigenvalue weighted by molar-refractivity contribution is -0.384. The van der Waals surface area contributed by atoms with Crippen molar-refractivity contribution in [2.45, 2.75) is 45.4 Å². The number of carbonyl (C=O) groups is 2. The van der Waals surface area contributed by atoms with Crippen molar-refractivity contribution in [2.75, 3.05) is 11.9 Å². The van der Waals surface area contributed by atoms with E-state index in [9.17, 15) is 19.7 Å². The number of nitro benzene ring substituents is 1. The SMILES string of the molecule is CC(=O)N/C(=C\c1cccc([N+](=O)[O-])c1)C(=O)Nc1ccc(OCCC2CCCCC2)cc1. The van der Waals surface area contributed by atoms with Crippen molar-refractivity contribution >= 4 is 29.3 Å². The van der Waals surface area contributed by atoms with Crippen LogP contribution in [-0.4, -0.2) is 23.3 Å². The number of anilines is 1. The van der Waals surface area contributed by atoms with E-state index in [4.69, 9.17) is 4.74 Å². The van der Waals surface area contributed by atoms with Crippen molar-refractivity contribution < 1.29 is 19.2 Å². The maximum absolute atomic E-state index is 12.7. The summed E-state index contributed by atoms with van der Waals surface area (Å²) in [4.78, 5) is 34.8. The lowest BCUT2D eigenvalue weighted by atomic mass is 9.87. The van der Waals surface area contributed by atoms with E-state index < -0.39 is 16.7 Å². The molecule has 1 aliphatic rings. The molecule has 0 unspecified atom stereocenters. The lowest BCUT2D eigenvalue weighted by Gasteiger charge is -2.21. The molecular formula is C25H29N3O5. The first-order valence-corrected chi connectivity index (χ1v) is 11.2. The summed E-state index contributed by atoms with van der Waals surface area (Å²) in [5.41, 5.74) is 0.834. The summed E-state index contributed by atoms with van der Waals surface area (Å²) >= 11 is 0. The molecular weight excluding hydrogens is 422 g/mol. The molecule has 2 aromatic rings. The minimum Gasteiger partial charge on any atom is -0.494 e. The van der Waals surface area contributed by atoms with E-state index in [1.54, 1.807) is 30.3 Å². The highest BCUT2D eigenvalue weighted by molar-refractivity contribution is 6.08. The summed E-state index contributed by atoms with van der Waals surface area (Å²) in [5.74, 6) is 0.520. The van der Waals surface area contributed by atoms with Crippen molar-refractivity contribution in [3.05, 3.63) is 69.9 Å². The number of non-ortho nitro benzene ring substituents is 1. The van der Waals surface area contributed by atoms with E-state index in [1.165, 1.54) is 63.3 Å². The fraction of sp³-hybridized carbons (Fsp3) is 0.360. The molecule has 0 spiro atoms. The van der Waals surface area contributed by atoms with Gasteiger partial charge < -0.3 is 15.4 Å². The smallest absolute Gasteiger partial charge is 0.272 e. The van der Waals surface area contributed by atoms with Gasteiger partial charge in [0.2, 0.25) is 5.91 Å². The molecule has 0 bridgehead atoms. The Bertz CT molecular complexity index is 1010. The lowest BCUT2D eigenvalue weighted by Crippen LogP contribution is -2.28. The molecule has 174 valence electrons. The monoisotopic (exact) mass is 451 g/mol. The molecule has 0 atom stereocenters. The molecule has 33 heavy (non-hydrogen) atoms. The Hall–Kier alpha value is -3.68. The Morgan fingerprint density at radius 1 is 1.12 bits per heavy atom. The number of benzene rings is 2. The third-order valence-electron chi connectivity index (χ3n) is 5.58. The van der Waals surface area contributed by atoms with Gasteiger partial charge in [0.25, 0.3) is 11.6 Å². The van der Waals surface area contributed by atoms with Crippen LogP contribution in [0.2, 0.25) is 0 Å². The molecule has 0 aliphatic heterocycles. The van der Waals surface area contributed by atoms with Gasteiger partial charge in [-0.05, 0) is 48.2 Å². The van der Waals surface area contributed by atoms with Gasteiger partial charge >= 0.3 is 0 Å². The Kier molecular flexibility index (Phi) is 8.57. The highest BCUT2D eigenvalue weighted by Crippen LogP contribution is 2.26. The van der Waals surface area contributed by atoms with Gasteiger partial charge in [-0.3, -0.25) is 19.7 Å². The van der Waals surface area contributed by atoms with Crippen molar-refractivity contribution in [1.29, 1.82) is 0 Å². The van der Waals surface area contributed by atoms with Gasteiger partial charge in [0.1, 0.15) is 11.4 Å². The highest BCUT2D eigenvalue weighted by Gasteiger charge is 2.14. The first-order chi connectivity index (χ1) is 15.9. The zero-order valence-electron chi connectivity index (χ0n) is 18.7. The molecule has 1 saturated carbocycles. The summed E-state index contributed by atoms with van der Waals surface area (Å²) < 4.78 is 5.84. The first kappa shape index (κ1) is 24.0. The molecule has 0 saturated heterocycles. The first-order valence-electron chi connectivity index (χ1n) is 11.2. The molecule has 8 nitrogen and oxygen atoms in total. The summed E-state index contributed by atoms with van der Waals surface area (Å²) in [6, 6.07) is 12.8. The fourth-order valence-corrected chi connectivity index (χ4v) is 3.90. The number of ether oxygens (including phenoxy) is 1. The number of nitro groups is 1. The van der Waals surface area contributed by atoms with E-state index in [0.29, 0.717) is 17.9 Å². The second kappa shape index (κ2) is 11.8. The van der Waals surface area contributed by atoms with Crippen LogP contribution in [0.25, 0.3) is 6.08 Å². The van der Waals surface area contributed by atoms with Crippen LogP contribution in [0.15, 0.2) is 54.2 Å². The molecule has 0 aromatic heterocycles. The Morgan fingerprint density at radius 2 is 1.85 bits per heavy atom. The number of amides is 2. The second-order valence-electron chi connectivity index (χ2n) is 8.21. The van der Waals surface area contributed by atoms with Crippen LogP contribution >= 0.6 is 0 Å². The largest absolute Gasteiger partial charge is 0.494 e. The van der Waals surface area contributed by atoms with E-state index in [2.05, 4.69) is 10.6 Å². The van der Waals surface area contributed by atoms with Gasteiger partial charge in [0, 0.05) is 24.7 Å². The van der Waals surface area contributed by atoms with Gasteiger partial charge in [-0.15, -0.1) is 0 Å². The van der Waals surface area contributed by atoms with E-state index >= 15 is 0 Å². The summed E-state index contributed by atoms with van der Waals surface area (Å²) in [5, 5.41) is 16.2. The van der Waals surface area contributed by atoms with Crippen LogP contribution in [0.4, 0.5) is 11.4 Å². The number of hydrogen-bond donors (Lipinski definition) is 2. The number of hydrogen-bond acceptors (Lipinski definition) is 5. The average molecular weight is 452 g/mol. The Balaban J connectivity index is 1.61. The van der Waals surface area contributed by atoms with Crippen molar-refractivity contribution in [2.24, 2.45) is 5.92 Å². The molecule has 0 radical (unpaired) electrons. The number of carbonyl (C=O) groups excluding carboxylic acids is 2. The van der Waals surface area contributed by atoms with E-state index in [0.717, 1.165) is 18.1 Å². The van der Waals surface area contributed by atoms with E-state index in [1.807, 2.05) is 0 Å². The van der Waals surface area contributed by atoms with Gasteiger partial charge in [-0.1, -0.05) is 44.2 Å². The molecule has 8 heteroatoms. The number of nitrogens with one attached hydrogen (secondary N) is 2. The molecule has 1 fully saturated rings. The normalized spacial score (nSPS) is 14.4. The summed E-state index contributed by atoms with van der Waals surface area (Å²) in [6.45, 7) is 1.96. The molecule has 2 N–H and O–H groups in total. The molecule has 1 aliphatic carbocycles. The van der Waals surface area contributed by atoms with Crippen molar-refractivity contribution in [3.63, 3.8) is 0 Å². The maximum Gasteiger partial charge on any atom is 0.272 e.